The SMILES string of the molecule is C/C(=C\CC/C(C)=C/Cc1cc(O[C@H]2OC[C@H](O)[C@@H](O)[C@@H]2O)c(C)c(C)c1O)CC/C=C(\C)CCC(=O)O. The van der Waals surface area contributed by atoms with Gasteiger partial charge in [-0.25, -0.2) is 0 Å². The average Bonchev–Trinajstić information content (AvgIpc) is 2.87. The number of phenolic OH excluding ortho intramolecular Hbond substituents is 1. The fourth-order valence-electron chi connectivity index (χ4n) is 4.21. The van der Waals surface area contributed by atoms with E-state index in [1.54, 1.807) is 19.9 Å². The molecule has 4 atom stereocenters. The van der Waals surface area contributed by atoms with Crippen LogP contribution in [0.3, 0.4) is 0 Å². The first-order valence-corrected chi connectivity index (χ1v) is 13.2. The second kappa shape index (κ2) is 15.1. The Labute approximate surface area is 225 Å². The second-order valence-electron chi connectivity index (χ2n) is 10.3. The lowest BCUT2D eigenvalue weighted by atomic mass is 9.99. The van der Waals surface area contributed by atoms with Crippen LogP contribution in [0.2, 0.25) is 0 Å². The summed E-state index contributed by atoms with van der Waals surface area (Å²) in [6, 6.07) is 1.73. The van der Waals surface area contributed by atoms with Gasteiger partial charge in [0.1, 0.15) is 29.8 Å². The molecule has 1 saturated heterocycles. The molecule has 0 bridgehead atoms. The third kappa shape index (κ3) is 9.58. The molecule has 38 heavy (non-hydrogen) atoms. The van der Waals surface area contributed by atoms with Crippen molar-refractivity contribution in [2.45, 2.75) is 104 Å². The topological polar surface area (TPSA) is 137 Å². The van der Waals surface area contributed by atoms with Gasteiger partial charge in [-0.2, -0.15) is 0 Å². The summed E-state index contributed by atoms with van der Waals surface area (Å²) in [5.74, 6) is -0.128. The number of aromatic hydroxyl groups is 1. The molecule has 0 amide bonds. The van der Waals surface area contributed by atoms with Crippen molar-refractivity contribution in [2.24, 2.45) is 0 Å². The Balaban J connectivity index is 1.94. The number of benzene rings is 1. The Kier molecular flexibility index (Phi) is 12.5. The predicted octanol–water partition coefficient (Wildman–Crippen LogP) is 4.63. The normalized spacial score (nSPS) is 23.0. The van der Waals surface area contributed by atoms with Gasteiger partial charge in [0.25, 0.3) is 0 Å². The zero-order valence-corrected chi connectivity index (χ0v) is 23.2. The summed E-state index contributed by atoms with van der Waals surface area (Å²) < 4.78 is 11.2. The van der Waals surface area contributed by atoms with E-state index in [1.807, 2.05) is 6.92 Å². The van der Waals surface area contributed by atoms with Gasteiger partial charge in [-0.15, -0.1) is 0 Å². The minimum absolute atomic E-state index is 0.148. The van der Waals surface area contributed by atoms with Crippen LogP contribution < -0.4 is 4.74 Å². The van der Waals surface area contributed by atoms with Crippen molar-refractivity contribution in [3.05, 3.63) is 57.7 Å². The van der Waals surface area contributed by atoms with E-state index in [0.29, 0.717) is 35.3 Å². The molecule has 0 aliphatic carbocycles. The Morgan fingerprint density at radius 1 is 0.921 bits per heavy atom. The monoisotopic (exact) mass is 532 g/mol. The summed E-state index contributed by atoms with van der Waals surface area (Å²) >= 11 is 0. The fourth-order valence-corrected chi connectivity index (χ4v) is 4.21. The van der Waals surface area contributed by atoms with Gasteiger partial charge in [0.05, 0.1) is 6.61 Å². The summed E-state index contributed by atoms with van der Waals surface area (Å²) in [7, 11) is 0. The van der Waals surface area contributed by atoms with Gasteiger partial charge in [0.2, 0.25) is 6.29 Å². The molecule has 8 heteroatoms. The molecule has 1 fully saturated rings. The maximum Gasteiger partial charge on any atom is 0.303 e. The van der Waals surface area contributed by atoms with Gasteiger partial charge in [-0.3, -0.25) is 4.79 Å². The van der Waals surface area contributed by atoms with Crippen LogP contribution in [0.5, 0.6) is 11.5 Å². The molecular weight excluding hydrogens is 488 g/mol. The number of hydrogen-bond donors (Lipinski definition) is 5. The van der Waals surface area contributed by atoms with Crippen LogP contribution in [0.1, 0.15) is 76.0 Å². The number of aliphatic hydroxyl groups is 3. The van der Waals surface area contributed by atoms with Crippen LogP contribution in [0.25, 0.3) is 0 Å². The smallest absolute Gasteiger partial charge is 0.303 e. The Hall–Kier alpha value is -2.65. The minimum Gasteiger partial charge on any atom is -0.507 e. The molecule has 1 aromatic rings. The highest BCUT2D eigenvalue weighted by molar-refractivity contribution is 5.67. The molecular formula is C30H44O8. The predicted molar refractivity (Wildman–Crippen MR) is 146 cm³/mol. The van der Waals surface area contributed by atoms with E-state index in [2.05, 4.69) is 32.1 Å². The zero-order chi connectivity index (χ0) is 28.4. The Bertz CT molecular complexity index is 1040. The number of carboxylic acids is 1. The van der Waals surface area contributed by atoms with E-state index in [1.165, 1.54) is 11.1 Å². The van der Waals surface area contributed by atoms with Gasteiger partial charge < -0.3 is 35.0 Å². The van der Waals surface area contributed by atoms with Crippen LogP contribution >= 0.6 is 0 Å². The van der Waals surface area contributed by atoms with Crippen molar-refractivity contribution >= 4 is 5.97 Å². The van der Waals surface area contributed by atoms with Crippen LogP contribution in [0.15, 0.2) is 41.0 Å². The van der Waals surface area contributed by atoms with E-state index in [4.69, 9.17) is 14.6 Å². The molecule has 8 nitrogen and oxygen atoms in total. The molecule has 5 N–H and O–H groups in total. The molecule has 0 radical (unpaired) electrons. The van der Waals surface area contributed by atoms with E-state index in [9.17, 15) is 25.2 Å². The van der Waals surface area contributed by atoms with Crippen LogP contribution in [-0.2, 0) is 16.0 Å². The van der Waals surface area contributed by atoms with Crippen LogP contribution in [-0.4, -0.2) is 62.7 Å². The summed E-state index contributed by atoms with van der Waals surface area (Å²) in [6.07, 6.45) is 6.30. The average molecular weight is 533 g/mol. The second-order valence-corrected chi connectivity index (χ2v) is 10.3. The number of phenols is 1. The third-order valence-electron chi connectivity index (χ3n) is 7.06. The van der Waals surface area contributed by atoms with Crippen molar-refractivity contribution in [2.75, 3.05) is 6.61 Å². The van der Waals surface area contributed by atoms with Crippen molar-refractivity contribution in [1.29, 1.82) is 0 Å². The summed E-state index contributed by atoms with van der Waals surface area (Å²) in [5.41, 5.74) is 5.67. The number of aliphatic hydroxyl groups excluding tert-OH is 3. The van der Waals surface area contributed by atoms with Crippen molar-refractivity contribution < 1.29 is 39.8 Å². The first-order chi connectivity index (χ1) is 17.9. The number of aliphatic carboxylic acids is 1. The highest BCUT2D eigenvalue weighted by atomic mass is 16.7. The van der Waals surface area contributed by atoms with E-state index in [-0.39, 0.29) is 18.8 Å². The minimum atomic E-state index is -1.40. The maximum atomic E-state index is 10.7. The number of ether oxygens (including phenoxy) is 2. The molecule has 0 aromatic heterocycles. The van der Waals surface area contributed by atoms with Crippen molar-refractivity contribution in [3.8, 4) is 11.5 Å². The van der Waals surface area contributed by atoms with Gasteiger partial charge in [-0.1, -0.05) is 34.9 Å². The lowest BCUT2D eigenvalue weighted by Crippen LogP contribution is -2.54. The molecule has 1 heterocycles. The van der Waals surface area contributed by atoms with Crippen LogP contribution in [0.4, 0.5) is 0 Å². The van der Waals surface area contributed by atoms with E-state index >= 15 is 0 Å². The highest BCUT2D eigenvalue weighted by Gasteiger charge is 2.39. The molecule has 0 unspecified atom stereocenters. The maximum absolute atomic E-state index is 10.7. The molecule has 0 spiro atoms. The van der Waals surface area contributed by atoms with Crippen molar-refractivity contribution in [3.63, 3.8) is 0 Å². The fraction of sp³-hybridized carbons (Fsp3) is 0.567. The number of carbonyl (C=O) groups is 1. The first kappa shape index (κ1) is 31.6. The molecule has 1 aliphatic heterocycles. The first-order valence-electron chi connectivity index (χ1n) is 13.2. The van der Waals surface area contributed by atoms with E-state index in [0.717, 1.165) is 31.3 Å². The Morgan fingerprint density at radius 3 is 2.11 bits per heavy atom. The van der Waals surface area contributed by atoms with Gasteiger partial charge >= 0.3 is 5.97 Å². The molecule has 0 saturated carbocycles. The van der Waals surface area contributed by atoms with Gasteiger partial charge in [0, 0.05) is 12.0 Å². The summed E-state index contributed by atoms with van der Waals surface area (Å²) in [6.45, 7) is 9.60. The lowest BCUT2D eigenvalue weighted by Gasteiger charge is -2.35. The van der Waals surface area contributed by atoms with E-state index < -0.39 is 30.6 Å². The third-order valence-corrected chi connectivity index (χ3v) is 7.06. The molecule has 2 rings (SSSR count). The summed E-state index contributed by atoms with van der Waals surface area (Å²) in [4.78, 5) is 10.7. The number of rotatable bonds is 13. The summed E-state index contributed by atoms with van der Waals surface area (Å²) in [5, 5.41) is 49.3. The van der Waals surface area contributed by atoms with Crippen molar-refractivity contribution in [1.82, 2.24) is 0 Å². The van der Waals surface area contributed by atoms with Crippen LogP contribution in [0, 0.1) is 13.8 Å². The number of carboxylic acid groups (broad SMARTS) is 1. The highest BCUT2D eigenvalue weighted by Crippen LogP contribution is 2.35. The quantitative estimate of drug-likeness (QED) is 0.232. The molecule has 212 valence electrons. The number of hydrogen-bond acceptors (Lipinski definition) is 7. The largest absolute Gasteiger partial charge is 0.507 e. The van der Waals surface area contributed by atoms with Gasteiger partial charge in [-0.05, 0) is 90.3 Å². The molecule has 1 aliphatic rings. The lowest BCUT2D eigenvalue weighted by molar-refractivity contribution is -0.242. The van der Waals surface area contributed by atoms with Gasteiger partial charge in [0.15, 0.2) is 0 Å². The Morgan fingerprint density at radius 2 is 1.50 bits per heavy atom. The standard InChI is InChI=1S/C30H44O8/c1-18(9-7-11-20(3)13-15-26(32)33)8-6-10-19(2)12-14-23-16-25(21(4)22(5)27(23)34)38-30-29(36)28(35)24(31)17-37-30/h8,11-12,16,24,28-31,34-36H,6-7,9-10,13-15,17H2,1-5H3,(H,32,33)/b18-8+,19-12+,20-11+/t24-,28+,29-,30+/m0/s1. The number of allylic oxidation sites excluding steroid dienone is 6. The molecule has 1 aromatic carbocycles. The zero-order valence-electron chi connectivity index (χ0n) is 23.2.